The Morgan fingerprint density at radius 2 is 2.00 bits per heavy atom. The first kappa shape index (κ1) is 15.1. The first-order chi connectivity index (χ1) is 9.38. The van der Waals surface area contributed by atoms with Crippen molar-refractivity contribution in [2.24, 2.45) is 5.92 Å². The van der Waals surface area contributed by atoms with E-state index < -0.39 is 11.6 Å². The van der Waals surface area contributed by atoms with Crippen molar-refractivity contribution in [2.45, 2.75) is 32.3 Å². The normalized spacial score (nSPS) is 16.9. The third-order valence-electron chi connectivity index (χ3n) is 3.90. The van der Waals surface area contributed by atoms with Crippen LogP contribution in [0.25, 0.3) is 0 Å². The molecule has 0 spiro atoms. The second-order valence-corrected chi connectivity index (χ2v) is 6.27. The molecule has 0 unspecified atom stereocenters. The van der Waals surface area contributed by atoms with Crippen molar-refractivity contribution in [3.8, 4) is 5.75 Å². The molecule has 1 heterocycles. The number of piperidine rings is 1. The van der Waals surface area contributed by atoms with E-state index in [0.717, 1.165) is 25.9 Å². The lowest BCUT2D eigenvalue weighted by molar-refractivity contribution is -0.665. The molecule has 1 saturated heterocycles. The predicted molar refractivity (Wildman–Crippen MR) is 77.0 cm³/mol. The highest BCUT2D eigenvalue weighted by atomic mass is 35.5. The van der Waals surface area contributed by atoms with Gasteiger partial charge in [-0.1, -0.05) is 11.6 Å². The summed E-state index contributed by atoms with van der Waals surface area (Å²) >= 11 is 5.84. The van der Waals surface area contributed by atoms with E-state index in [9.17, 15) is 9.90 Å². The minimum Gasteiger partial charge on any atom is -0.508 e. The molecule has 4 nitrogen and oxygen atoms in total. The molecule has 0 aromatic heterocycles. The number of benzene rings is 1. The lowest BCUT2D eigenvalue weighted by Crippen LogP contribution is -2.86. The van der Waals surface area contributed by atoms with Gasteiger partial charge in [0.25, 0.3) is 0 Å². The van der Waals surface area contributed by atoms with Gasteiger partial charge >= 0.3 is 5.97 Å². The number of esters is 1. The van der Waals surface area contributed by atoms with Gasteiger partial charge in [0.15, 0.2) is 0 Å². The maximum Gasteiger partial charge on any atom is 0.338 e. The summed E-state index contributed by atoms with van der Waals surface area (Å²) in [5.74, 6) is -0.110. The minimum atomic E-state index is -0.511. The Balaban J connectivity index is 2.09. The number of aromatic hydroxyl groups is 1. The number of hydrogen-bond acceptors (Lipinski definition) is 3. The van der Waals surface area contributed by atoms with Crippen molar-refractivity contribution in [3.05, 3.63) is 28.8 Å². The first-order valence-electron chi connectivity index (χ1n) is 6.93. The van der Waals surface area contributed by atoms with E-state index in [1.807, 2.05) is 13.8 Å². The summed E-state index contributed by atoms with van der Waals surface area (Å²) in [4.78, 5) is 12.2. The third-order valence-corrected chi connectivity index (χ3v) is 4.11. The monoisotopic (exact) mass is 298 g/mol. The van der Waals surface area contributed by atoms with Crippen LogP contribution < -0.4 is 5.32 Å². The SMILES string of the molecule is CC(C)(OC(=O)c1cc(O)cc(Cl)c1)C1CC[NH2+]CC1. The highest BCUT2D eigenvalue weighted by molar-refractivity contribution is 6.31. The molecule has 1 aromatic carbocycles. The van der Waals surface area contributed by atoms with E-state index >= 15 is 0 Å². The Labute approximate surface area is 124 Å². The molecule has 5 heteroatoms. The van der Waals surface area contributed by atoms with Crippen LogP contribution in [0.1, 0.15) is 37.0 Å². The van der Waals surface area contributed by atoms with Gasteiger partial charge in [-0.2, -0.15) is 0 Å². The number of phenolic OH excluding ortho intramolecular Hbond substituents is 1. The van der Waals surface area contributed by atoms with E-state index in [2.05, 4.69) is 5.32 Å². The Morgan fingerprint density at radius 1 is 1.35 bits per heavy atom. The predicted octanol–water partition coefficient (Wildman–Crippen LogP) is 1.95. The molecule has 3 N–H and O–H groups in total. The summed E-state index contributed by atoms with van der Waals surface area (Å²) in [6.07, 6.45) is 2.09. The second kappa shape index (κ2) is 6.02. The van der Waals surface area contributed by atoms with E-state index in [0.29, 0.717) is 10.9 Å². The molecule has 1 fully saturated rings. The molecular formula is C15H21ClNO3+. The Kier molecular flexibility index (Phi) is 4.55. The van der Waals surface area contributed by atoms with Crippen LogP contribution in [-0.4, -0.2) is 29.8 Å². The fourth-order valence-corrected chi connectivity index (χ4v) is 2.92. The number of carbonyl (C=O) groups excluding carboxylic acids is 1. The van der Waals surface area contributed by atoms with Crippen molar-refractivity contribution in [1.29, 1.82) is 0 Å². The molecule has 0 atom stereocenters. The van der Waals surface area contributed by atoms with Crippen LogP contribution in [0.4, 0.5) is 0 Å². The molecule has 1 aromatic rings. The molecule has 1 aliphatic rings. The fourth-order valence-electron chi connectivity index (χ4n) is 2.70. The zero-order valence-electron chi connectivity index (χ0n) is 11.9. The number of hydrogen-bond donors (Lipinski definition) is 2. The molecule has 20 heavy (non-hydrogen) atoms. The first-order valence-corrected chi connectivity index (χ1v) is 7.31. The second-order valence-electron chi connectivity index (χ2n) is 5.83. The van der Waals surface area contributed by atoms with Gasteiger partial charge in [0.2, 0.25) is 0 Å². The smallest absolute Gasteiger partial charge is 0.338 e. The van der Waals surface area contributed by atoms with Crippen LogP contribution in [-0.2, 0) is 4.74 Å². The van der Waals surface area contributed by atoms with Gasteiger partial charge in [-0.05, 0) is 32.0 Å². The van der Waals surface area contributed by atoms with Crippen LogP contribution in [0.15, 0.2) is 18.2 Å². The average molecular weight is 299 g/mol. The molecule has 0 radical (unpaired) electrons. The van der Waals surface area contributed by atoms with E-state index in [-0.39, 0.29) is 11.3 Å². The van der Waals surface area contributed by atoms with Crippen molar-refractivity contribution >= 4 is 17.6 Å². The number of nitrogens with two attached hydrogens (primary N) is 1. The van der Waals surface area contributed by atoms with E-state index in [4.69, 9.17) is 16.3 Å². The molecular weight excluding hydrogens is 278 g/mol. The molecule has 0 saturated carbocycles. The maximum atomic E-state index is 12.2. The molecule has 0 bridgehead atoms. The summed E-state index contributed by atoms with van der Waals surface area (Å²) in [5.41, 5.74) is -0.228. The van der Waals surface area contributed by atoms with Gasteiger partial charge in [0, 0.05) is 23.8 Å². The maximum absolute atomic E-state index is 12.2. The van der Waals surface area contributed by atoms with Crippen molar-refractivity contribution < 1.29 is 20.0 Å². The molecule has 110 valence electrons. The Morgan fingerprint density at radius 3 is 2.60 bits per heavy atom. The zero-order valence-corrected chi connectivity index (χ0v) is 12.6. The van der Waals surface area contributed by atoms with Crippen molar-refractivity contribution in [3.63, 3.8) is 0 Å². The number of carbonyl (C=O) groups is 1. The number of halogens is 1. The summed E-state index contributed by atoms with van der Waals surface area (Å²) in [5, 5.41) is 12.1. The largest absolute Gasteiger partial charge is 0.508 e. The van der Waals surface area contributed by atoms with Crippen LogP contribution in [0.3, 0.4) is 0 Å². The molecule has 1 aliphatic heterocycles. The van der Waals surface area contributed by atoms with Crippen molar-refractivity contribution in [2.75, 3.05) is 13.1 Å². The van der Waals surface area contributed by atoms with Crippen molar-refractivity contribution in [1.82, 2.24) is 0 Å². The highest BCUT2D eigenvalue weighted by Gasteiger charge is 2.35. The lowest BCUT2D eigenvalue weighted by Gasteiger charge is -2.35. The van der Waals surface area contributed by atoms with Crippen LogP contribution >= 0.6 is 11.6 Å². The number of ether oxygens (including phenoxy) is 1. The topological polar surface area (TPSA) is 63.1 Å². The van der Waals surface area contributed by atoms with Gasteiger partial charge in [-0.3, -0.25) is 0 Å². The zero-order chi connectivity index (χ0) is 14.8. The molecule has 2 rings (SSSR count). The Hall–Kier alpha value is -1.26. The number of quaternary nitrogens is 1. The average Bonchev–Trinajstić information content (AvgIpc) is 2.38. The summed E-state index contributed by atoms with van der Waals surface area (Å²) in [6.45, 7) is 6.05. The summed E-state index contributed by atoms with van der Waals surface area (Å²) < 4.78 is 5.65. The summed E-state index contributed by atoms with van der Waals surface area (Å²) in [7, 11) is 0. The van der Waals surface area contributed by atoms with Crippen LogP contribution in [0.5, 0.6) is 5.75 Å². The standard InChI is InChI=1S/C15H20ClNO3/c1-15(2,11-3-5-17-6-4-11)20-14(19)10-7-12(16)9-13(18)8-10/h7-9,11,17-18H,3-6H2,1-2H3/p+1. The summed E-state index contributed by atoms with van der Waals surface area (Å²) in [6, 6.07) is 4.27. The lowest BCUT2D eigenvalue weighted by atomic mass is 9.83. The number of rotatable bonds is 3. The van der Waals surface area contributed by atoms with Gasteiger partial charge in [-0.15, -0.1) is 0 Å². The minimum absolute atomic E-state index is 0.0328. The van der Waals surface area contributed by atoms with E-state index in [1.165, 1.54) is 18.2 Å². The van der Waals surface area contributed by atoms with E-state index in [1.54, 1.807) is 0 Å². The van der Waals surface area contributed by atoms with Gasteiger partial charge in [0.05, 0.1) is 18.7 Å². The Bertz CT molecular complexity index is 476. The molecule has 0 amide bonds. The number of phenols is 1. The molecule has 0 aliphatic carbocycles. The van der Waals surface area contributed by atoms with Crippen LogP contribution in [0, 0.1) is 5.92 Å². The van der Waals surface area contributed by atoms with Gasteiger partial charge in [0.1, 0.15) is 11.4 Å². The van der Waals surface area contributed by atoms with Crippen LogP contribution in [0.2, 0.25) is 5.02 Å². The third kappa shape index (κ3) is 3.64. The van der Waals surface area contributed by atoms with Gasteiger partial charge in [-0.25, -0.2) is 4.79 Å². The fraction of sp³-hybridized carbons (Fsp3) is 0.533. The highest BCUT2D eigenvalue weighted by Crippen LogP contribution is 2.29. The van der Waals surface area contributed by atoms with Gasteiger partial charge < -0.3 is 15.2 Å². The quantitative estimate of drug-likeness (QED) is 0.839.